The Morgan fingerprint density at radius 1 is 1.19 bits per heavy atom. The van der Waals surface area contributed by atoms with Crippen molar-refractivity contribution in [3.8, 4) is 5.69 Å². The third-order valence-electron chi connectivity index (χ3n) is 4.92. The van der Waals surface area contributed by atoms with Gasteiger partial charge in [0.2, 0.25) is 5.91 Å². The van der Waals surface area contributed by atoms with Gasteiger partial charge in [0.1, 0.15) is 17.0 Å². The molecule has 2 aromatic heterocycles. The summed E-state index contributed by atoms with van der Waals surface area (Å²) in [7, 11) is 1.66. The molecule has 1 amide bonds. The highest BCUT2D eigenvalue weighted by atomic mass is 35.5. The van der Waals surface area contributed by atoms with Crippen LogP contribution in [0.25, 0.3) is 16.9 Å². The molecule has 0 aliphatic heterocycles. The summed E-state index contributed by atoms with van der Waals surface area (Å²) in [6.07, 6.45) is 0.163. The van der Waals surface area contributed by atoms with Gasteiger partial charge >= 0.3 is 0 Å². The summed E-state index contributed by atoms with van der Waals surface area (Å²) >= 11 is 5.94. The van der Waals surface area contributed by atoms with E-state index in [0.29, 0.717) is 22.5 Å². The summed E-state index contributed by atoms with van der Waals surface area (Å²) < 4.78 is 16.3. The fourth-order valence-corrected chi connectivity index (χ4v) is 3.57. The molecule has 0 aliphatic carbocycles. The minimum absolute atomic E-state index is 0.0212. The molecule has 4 rings (SSSR count). The van der Waals surface area contributed by atoms with E-state index in [1.54, 1.807) is 11.7 Å². The molecule has 0 saturated carbocycles. The van der Waals surface area contributed by atoms with E-state index in [-0.39, 0.29) is 35.0 Å². The molecule has 0 fully saturated rings. The lowest BCUT2D eigenvalue weighted by Gasteiger charge is -2.09. The Morgan fingerprint density at radius 3 is 2.65 bits per heavy atom. The number of benzene rings is 2. The molecule has 158 valence electrons. The van der Waals surface area contributed by atoms with E-state index in [9.17, 15) is 14.0 Å². The Kier molecular flexibility index (Phi) is 5.56. The highest BCUT2D eigenvalue weighted by Crippen LogP contribution is 2.23. The van der Waals surface area contributed by atoms with Crippen LogP contribution in [0.1, 0.15) is 17.8 Å². The van der Waals surface area contributed by atoms with E-state index in [2.05, 4.69) is 15.4 Å². The van der Waals surface area contributed by atoms with Crippen molar-refractivity contribution in [2.24, 2.45) is 7.05 Å². The molecule has 2 aromatic carbocycles. The molecular formula is C22H19ClFN5O2. The number of hydrogen-bond acceptors (Lipinski definition) is 4. The van der Waals surface area contributed by atoms with Crippen LogP contribution in [0.15, 0.2) is 53.3 Å². The topological polar surface area (TPSA) is 81.8 Å². The van der Waals surface area contributed by atoms with Gasteiger partial charge in [-0.25, -0.2) is 14.1 Å². The van der Waals surface area contributed by atoms with Crippen LogP contribution in [-0.4, -0.2) is 25.2 Å². The highest BCUT2D eigenvalue weighted by Gasteiger charge is 2.18. The second kappa shape index (κ2) is 8.31. The lowest BCUT2D eigenvalue weighted by molar-refractivity contribution is -0.116. The van der Waals surface area contributed by atoms with Crippen LogP contribution in [0, 0.1) is 12.7 Å². The van der Waals surface area contributed by atoms with Crippen LogP contribution in [-0.2, 0) is 18.3 Å². The Labute approximate surface area is 182 Å². The maximum atomic E-state index is 13.2. The Bertz CT molecular complexity index is 1350. The Hall–Kier alpha value is -3.52. The third-order valence-corrected chi connectivity index (χ3v) is 5.23. The molecule has 7 nitrogen and oxygen atoms in total. The maximum Gasteiger partial charge on any atom is 0.273 e. The number of rotatable bonds is 5. The van der Waals surface area contributed by atoms with Crippen molar-refractivity contribution in [1.82, 2.24) is 19.3 Å². The SMILES string of the molecule is Cc1nn(-c2ccccc2)c2c1nc(CCC(=O)Nc1ccc(F)cc1Cl)c(=O)n2C. The van der Waals surface area contributed by atoms with Gasteiger partial charge in [-0.2, -0.15) is 5.10 Å². The maximum absolute atomic E-state index is 13.2. The van der Waals surface area contributed by atoms with Gasteiger partial charge in [-0.1, -0.05) is 29.8 Å². The largest absolute Gasteiger partial charge is 0.325 e. The zero-order valence-electron chi connectivity index (χ0n) is 16.9. The molecular weight excluding hydrogens is 421 g/mol. The number of aromatic nitrogens is 4. The molecule has 0 aliphatic rings. The second-order valence-electron chi connectivity index (χ2n) is 7.10. The molecule has 4 aromatic rings. The van der Waals surface area contributed by atoms with Gasteiger partial charge in [0.05, 0.1) is 22.1 Å². The van der Waals surface area contributed by atoms with Crippen LogP contribution in [0.5, 0.6) is 0 Å². The number of amides is 1. The first-order valence-corrected chi connectivity index (χ1v) is 9.98. The van der Waals surface area contributed by atoms with Crippen LogP contribution >= 0.6 is 11.6 Å². The van der Waals surface area contributed by atoms with Crippen molar-refractivity contribution in [1.29, 1.82) is 0 Å². The fourth-order valence-electron chi connectivity index (χ4n) is 3.36. The van der Waals surface area contributed by atoms with Gasteiger partial charge in [-0.05, 0) is 37.3 Å². The molecule has 0 spiro atoms. The van der Waals surface area contributed by atoms with Gasteiger partial charge in [0.25, 0.3) is 5.56 Å². The predicted octanol–water partition coefficient (Wildman–Crippen LogP) is 3.79. The molecule has 0 unspecified atom stereocenters. The fraction of sp³-hybridized carbons (Fsp3) is 0.182. The smallest absolute Gasteiger partial charge is 0.273 e. The number of para-hydroxylation sites is 1. The minimum atomic E-state index is -0.490. The van der Waals surface area contributed by atoms with Gasteiger partial charge in [-0.3, -0.25) is 14.2 Å². The molecule has 0 saturated heterocycles. The first kappa shape index (κ1) is 20.7. The molecule has 1 N–H and O–H groups in total. The van der Waals surface area contributed by atoms with Gasteiger partial charge in [0.15, 0.2) is 5.65 Å². The average Bonchev–Trinajstić information content (AvgIpc) is 3.09. The van der Waals surface area contributed by atoms with Gasteiger partial charge in [-0.15, -0.1) is 0 Å². The summed E-state index contributed by atoms with van der Waals surface area (Å²) in [5.41, 5.74) is 2.97. The predicted molar refractivity (Wildman–Crippen MR) is 117 cm³/mol. The number of nitrogens with one attached hydrogen (secondary N) is 1. The number of aryl methyl sites for hydroxylation is 3. The molecule has 9 heteroatoms. The zero-order valence-corrected chi connectivity index (χ0v) is 17.7. The van der Waals surface area contributed by atoms with Crippen LogP contribution in [0.2, 0.25) is 5.02 Å². The molecule has 0 atom stereocenters. The number of carbonyl (C=O) groups is 1. The summed E-state index contributed by atoms with van der Waals surface area (Å²) in [6, 6.07) is 13.2. The first-order valence-electron chi connectivity index (χ1n) is 9.60. The van der Waals surface area contributed by atoms with Crippen LogP contribution in [0.4, 0.5) is 10.1 Å². The van der Waals surface area contributed by atoms with Gasteiger partial charge < -0.3 is 5.32 Å². The van der Waals surface area contributed by atoms with Crippen molar-refractivity contribution in [3.63, 3.8) is 0 Å². The Morgan fingerprint density at radius 2 is 1.94 bits per heavy atom. The van der Waals surface area contributed by atoms with Crippen molar-refractivity contribution in [2.75, 3.05) is 5.32 Å². The number of fused-ring (bicyclic) bond motifs is 1. The van der Waals surface area contributed by atoms with Crippen LogP contribution in [0.3, 0.4) is 0 Å². The number of nitrogens with zero attached hydrogens (tertiary/aromatic N) is 4. The second-order valence-corrected chi connectivity index (χ2v) is 7.51. The molecule has 0 bridgehead atoms. The third kappa shape index (κ3) is 4.06. The minimum Gasteiger partial charge on any atom is -0.325 e. The van der Waals surface area contributed by atoms with E-state index < -0.39 is 5.82 Å². The average molecular weight is 440 g/mol. The van der Waals surface area contributed by atoms with Crippen molar-refractivity contribution >= 4 is 34.4 Å². The quantitative estimate of drug-likeness (QED) is 0.513. The summed E-state index contributed by atoms with van der Waals surface area (Å²) in [5.74, 6) is -0.843. The van der Waals surface area contributed by atoms with Gasteiger partial charge in [0, 0.05) is 19.9 Å². The molecule has 2 heterocycles. The van der Waals surface area contributed by atoms with E-state index >= 15 is 0 Å². The standard InChI is InChI=1S/C22H19ClFN5O2/c1-13-20-21(29(27-13)15-6-4-3-5-7-15)28(2)22(31)18(26-20)10-11-19(30)25-17-9-8-14(24)12-16(17)23/h3-9,12H,10-11H2,1-2H3,(H,25,30). The lowest BCUT2D eigenvalue weighted by Crippen LogP contribution is -2.25. The number of halogens is 2. The van der Waals surface area contributed by atoms with Crippen molar-refractivity contribution in [2.45, 2.75) is 19.8 Å². The van der Waals surface area contributed by atoms with E-state index in [0.717, 1.165) is 11.8 Å². The zero-order chi connectivity index (χ0) is 22.1. The van der Waals surface area contributed by atoms with E-state index in [4.69, 9.17) is 11.6 Å². The van der Waals surface area contributed by atoms with E-state index in [1.807, 2.05) is 37.3 Å². The Balaban J connectivity index is 1.60. The van der Waals surface area contributed by atoms with Crippen LogP contribution < -0.4 is 10.9 Å². The normalized spacial score (nSPS) is 11.1. The molecule has 0 radical (unpaired) electrons. The summed E-state index contributed by atoms with van der Waals surface area (Å²) in [6.45, 7) is 1.83. The summed E-state index contributed by atoms with van der Waals surface area (Å²) in [4.78, 5) is 29.7. The monoisotopic (exact) mass is 439 g/mol. The van der Waals surface area contributed by atoms with E-state index in [1.165, 1.54) is 16.7 Å². The number of carbonyl (C=O) groups excluding carboxylic acids is 1. The molecule has 31 heavy (non-hydrogen) atoms. The van der Waals surface area contributed by atoms with Crippen molar-refractivity contribution in [3.05, 3.63) is 81.1 Å². The summed E-state index contributed by atoms with van der Waals surface area (Å²) in [5, 5.41) is 7.27. The lowest BCUT2D eigenvalue weighted by atomic mass is 10.2. The highest BCUT2D eigenvalue weighted by molar-refractivity contribution is 6.33. The number of anilines is 1. The first-order chi connectivity index (χ1) is 14.8. The van der Waals surface area contributed by atoms with Crippen molar-refractivity contribution < 1.29 is 9.18 Å². The number of hydrogen-bond donors (Lipinski definition) is 1.